The summed E-state index contributed by atoms with van der Waals surface area (Å²) in [7, 11) is 0. The van der Waals surface area contributed by atoms with Crippen molar-refractivity contribution in [2.75, 3.05) is 11.9 Å². The highest BCUT2D eigenvalue weighted by molar-refractivity contribution is 7.11. The van der Waals surface area contributed by atoms with E-state index in [1.165, 1.54) is 0 Å². The molecule has 140 valence electrons. The molecule has 0 saturated heterocycles. The molecule has 2 aromatic rings. The van der Waals surface area contributed by atoms with Gasteiger partial charge in [0.15, 0.2) is 0 Å². The Balaban J connectivity index is 2.07. The molecule has 0 aliphatic rings. The topological polar surface area (TPSA) is 111 Å². The zero-order chi connectivity index (χ0) is 19.3. The van der Waals surface area contributed by atoms with E-state index in [2.05, 4.69) is 25.3 Å². The first kappa shape index (κ1) is 19.6. The molecule has 0 aromatic carbocycles. The Morgan fingerprint density at radius 2 is 2.08 bits per heavy atom. The zero-order valence-electron chi connectivity index (χ0n) is 15.4. The lowest BCUT2D eigenvalue weighted by atomic mass is 10.2. The van der Waals surface area contributed by atoms with Crippen molar-refractivity contribution in [3.8, 4) is 0 Å². The minimum atomic E-state index is -0.557. The number of ether oxygens (including phenoxy) is 1. The molecular weight excluding hydrogens is 356 g/mol. The molecule has 0 fully saturated rings. The number of hydrazone groups is 1. The Labute approximate surface area is 155 Å². The summed E-state index contributed by atoms with van der Waals surface area (Å²) in [5.41, 5.74) is 6.16. The average Bonchev–Trinajstić information content (AvgIpc) is 3.07. The minimum absolute atomic E-state index is 0.0747. The van der Waals surface area contributed by atoms with E-state index in [1.807, 2.05) is 19.9 Å². The number of hydrogen-bond donors (Lipinski definition) is 2. The van der Waals surface area contributed by atoms with Crippen molar-refractivity contribution in [3.05, 3.63) is 28.7 Å². The second kappa shape index (κ2) is 8.56. The van der Waals surface area contributed by atoms with E-state index in [9.17, 15) is 9.59 Å². The summed E-state index contributed by atoms with van der Waals surface area (Å²) < 4.78 is 10.7. The van der Waals surface area contributed by atoms with E-state index in [0.717, 1.165) is 22.9 Å². The van der Waals surface area contributed by atoms with Crippen LogP contribution in [0.4, 0.5) is 9.80 Å². The zero-order valence-corrected chi connectivity index (χ0v) is 16.2. The molecule has 2 aromatic heterocycles. The second-order valence-electron chi connectivity index (χ2n) is 5.63. The van der Waals surface area contributed by atoms with Crippen LogP contribution in [0.25, 0.3) is 0 Å². The fourth-order valence-corrected chi connectivity index (χ4v) is 3.18. The maximum Gasteiger partial charge on any atom is 0.412 e. The largest absolute Gasteiger partial charge is 0.450 e. The summed E-state index contributed by atoms with van der Waals surface area (Å²) in [6, 6.07) is 1.90. The molecule has 26 heavy (non-hydrogen) atoms. The third-order valence-electron chi connectivity index (χ3n) is 3.46. The number of carbonyl (C=O) groups excluding carboxylic acids is 2. The molecule has 0 bridgehead atoms. The van der Waals surface area contributed by atoms with E-state index in [4.69, 9.17) is 4.74 Å². The van der Waals surface area contributed by atoms with Crippen LogP contribution in [-0.4, -0.2) is 38.5 Å². The molecule has 0 spiro atoms. The normalized spacial score (nSPS) is 11.3. The van der Waals surface area contributed by atoms with Crippen LogP contribution in [0.2, 0.25) is 0 Å². The Morgan fingerprint density at radius 3 is 2.69 bits per heavy atom. The fraction of sp³-hybridized carbons (Fsp3) is 0.438. The lowest BCUT2D eigenvalue weighted by Gasteiger charge is -2.07. The lowest BCUT2D eigenvalue weighted by molar-refractivity contribution is -0.121. The molecular formula is C16H22N6O3S. The molecule has 2 rings (SSSR count). The van der Waals surface area contributed by atoms with Crippen LogP contribution in [-0.2, 0) is 16.1 Å². The van der Waals surface area contributed by atoms with Crippen molar-refractivity contribution in [1.82, 2.24) is 19.6 Å². The number of anilines is 1. The third-order valence-corrected chi connectivity index (χ3v) is 4.31. The van der Waals surface area contributed by atoms with Crippen LogP contribution in [0.1, 0.15) is 36.5 Å². The summed E-state index contributed by atoms with van der Waals surface area (Å²) in [4.78, 5) is 23.7. The highest BCUT2D eigenvalue weighted by Crippen LogP contribution is 2.25. The van der Waals surface area contributed by atoms with Crippen LogP contribution < -0.4 is 10.7 Å². The highest BCUT2D eigenvalue weighted by Gasteiger charge is 2.17. The molecule has 10 heteroatoms. The molecule has 0 atom stereocenters. The van der Waals surface area contributed by atoms with Crippen LogP contribution in [0.5, 0.6) is 0 Å². The van der Waals surface area contributed by atoms with Gasteiger partial charge in [0.05, 0.1) is 29.3 Å². The Kier molecular flexibility index (Phi) is 6.45. The van der Waals surface area contributed by atoms with Gasteiger partial charge in [0.2, 0.25) is 0 Å². The molecule has 0 saturated carbocycles. The first-order chi connectivity index (χ1) is 12.3. The first-order valence-corrected chi connectivity index (χ1v) is 8.83. The van der Waals surface area contributed by atoms with Crippen LogP contribution >= 0.6 is 11.5 Å². The maximum atomic E-state index is 12.1. The van der Waals surface area contributed by atoms with Crippen molar-refractivity contribution >= 4 is 34.2 Å². The highest BCUT2D eigenvalue weighted by atomic mass is 32.1. The van der Waals surface area contributed by atoms with E-state index in [0.29, 0.717) is 22.0 Å². The Hall–Kier alpha value is -2.75. The quantitative estimate of drug-likeness (QED) is 0.592. The van der Waals surface area contributed by atoms with Gasteiger partial charge in [0.1, 0.15) is 11.5 Å². The monoisotopic (exact) mass is 378 g/mol. The molecule has 0 aliphatic heterocycles. The SMILES string of the molecule is CCOC(=O)Nc1snc(C)c1/C(C)=N/NC(=O)Cn1nc(C)cc1C. The van der Waals surface area contributed by atoms with Crippen molar-refractivity contribution in [2.24, 2.45) is 5.10 Å². The Morgan fingerprint density at radius 1 is 1.35 bits per heavy atom. The number of aryl methyl sites for hydroxylation is 3. The van der Waals surface area contributed by atoms with Crippen molar-refractivity contribution in [3.63, 3.8) is 0 Å². The van der Waals surface area contributed by atoms with Crippen LogP contribution in [0.3, 0.4) is 0 Å². The number of nitrogens with one attached hydrogen (secondary N) is 2. The molecule has 9 nitrogen and oxygen atoms in total. The summed E-state index contributed by atoms with van der Waals surface area (Å²) >= 11 is 1.13. The van der Waals surface area contributed by atoms with Gasteiger partial charge in [0, 0.05) is 5.69 Å². The van der Waals surface area contributed by atoms with Gasteiger partial charge >= 0.3 is 6.09 Å². The van der Waals surface area contributed by atoms with Gasteiger partial charge in [-0.3, -0.25) is 14.8 Å². The van der Waals surface area contributed by atoms with Gasteiger partial charge in [0.25, 0.3) is 5.91 Å². The predicted octanol–water partition coefficient (Wildman–Crippen LogP) is 2.37. The van der Waals surface area contributed by atoms with Crippen molar-refractivity contribution in [1.29, 1.82) is 0 Å². The minimum Gasteiger partial charge on any atom is -0.450 e. The van der Waals surface area contributed by atoms with E-state index < -0.39 is 6.09 Å². The number of carbonyl (C=O) groups is 2. The van der Waals surface area contributed by atoms with Crippen LogP contribution in [0, 0.1) is 20.8 Å². The van der Waals surface area contributed by atoms with Crippen LogP contribution in [0.15, 0.2) is 11.2 Å². The second-order valence-corrected chi connectivity index (χ2v) is 6.41. The molecule has 2 N–H and O–H groups in total. The summed E-state index contributed by atoms with van der Waals surface area (Å²) in [5.74, 6) is -0.295. The van der Waals surface area contributed by atoms with E-state index in [1.54, 1.807) is 25.5 Å². The summed E-state index contributed by atoms with van der Waals surface area (Å²) in [6.07, 6.45) is -0.557. The standard InChI is InChI=1S/C16H22N6O3S/c1-6-25-16(24)17-15-14(12(5)21-26-15)11(4)18-19-13(23)8-22-10(3)7-9(2)20-22/h7H,6,8H2,1-5H3,(H,17,24)(H,19,23)/b18-11+. The number of nitrogens with zero attached hydrogens (tertiary/aromatic N) is 4. The van der Waals surface area contributed by atoms with Gasteiger partial charge in [-0.05, 0) is 52.2 Å². The van der Waals surface area contributed by atoms with E-state index >= 15 is 0 Å². The predicted molar refractivity (Wildman–Crippen MR) is 99.6 cm³/mol. The molecule has 0 unspecified atom stereocenters. The van der Waals surface area contributed by atoms with Crippen molar-refractivity contribution < 1.29 is 14.3 Å². The molecule has 2 amide bonds. The van der Waals surface area contributed by atoms with Crippen molar-refractivity contribution in [2.45, 2.75) is 41.2 Å². The number of hydrogen-bond acceptors (Lipinski definition) is 7. The van der Waals surface area contributed by atoms with Gasteiger partial charge in [-0.1, -0.05) is 0 Å². The van der Waals surface area contributed by atoms with Gasteiger partial charge in [-0.2, -0.15) is 14.6 Å². The average molecular weight is 378 g/mol. The molecule has 0 aliphatic carbocycles. The number of amides is 2. The molecule has 2 heterocycles. The summed E-state index contributed by atoms with van der Waals surface area (Å²) in [6.45, 7) is 9.36. The fourth-order valence-electron chi connectivity index (χ4n) is 2.35. The summed E-state index contributed by atoms with van der Waals surface area (Å²) in [5, 5.41) is 11.5. The van der Waals surface area contributed by atoms with Gasteiger partial charge in [-0.15, -0.1) is 0 Å². The maximum absolute atomic E-state index is 12.1. The number of rotatable bonds is 6. The first-order valence-electron chi connectivity index (χ1n) is 8.06. The van der Waals surface area contributed by atoms with Gasteiger partial charge in [-0.25, -0.2) is 10.2 Å². The van der Waals surface area contributed by atoms with E-state index in [-0.39, 0.29) is 19.1 Å². The smallest absolute Gasteiger partial charge is 0.412 e. The number of aromatic nitrogens is 3. The van der Waals surface area contributed by atoms with Gasteiger partial charge < -0.3 is 4.74 Å². The molecule has 0 radical (unpaired) electrons. The lowest BCUT2D eigenvalue weighted by Crippen LogP contribution is -2.25. The Bertz CT molecular complexity index is 839. The third kappa shape index (κ3) is 4.88.